The van der Waals surface area contributed by atoms with E-state index in [0.717, 1.165) is 30.7 Å². The molecule has 0 amide bonds. The van der Waals surface area contributed by atoms with Crippen molar-refractivity contribution < 1.29 is 0 Å². The van der Waals surface area contributed by atoms with Crippen molar-refractivity contribution in [3.8, 4) is 0 Å². The predicted octanol–water partition coefficient (Wildman–Crippen LogP) is 1.58. The molecule has 4 heteroatoms. The molecule has 2 N–H and O–H groups in total. The molecule has 1 aliphatic carbocycles. The van der Waals surface area contributed by atoms with Gasteiger partial charge >= 0.3 is 0 Å². The smallest absolute Gasteiger partial charge is 0.151 e. The summed E-state index contributed by atoms with van der Waals surface area (Å²) in [4.78, 5) is 4.29. The molecule has 0 saturated heterocycles. The minimum atomic E-state index is 0.735. The maximum Gasteiger partial charge on any atom is 0.151 e. The highest BCUT2D eigenvalue weighted by Gasteiger charge is 2.12. The third-order valence-electron chi connectivity index (χ3n) is 3.03. The molecule has 1 fully saturated rings. The van der Waals surface area contributed by atoms with Gasteiger partial charge in [0, 0.05) is 19.0 Å². The standard InChI is InChI=1S/C11H20N4/c1-9-13-11(15-14-9)7-8-12-10-5-3-2-4-6-10/h10,12H,2-8H2,1H3,(H,13,14,15). The van der Waals surface area contributed by atoms with Crippen LogP contribution in [0.1, 0.15) is 43.8 Å². The molecule has 4 nitrogen and oxygen atoms in total. The second-order valence-corrected chi connectivity index (χ2v) is 4.38. The lowest BCUT2D eigenvalue weighted by Gasteiger charge is -2.22. The monoisotopic (exact) mass is 208 g/mol. The highest BCUT2D eigenvalue weighted by molar-refractivity contribution is 4.88. The molecular weight excluding hydrogens is 188 g/mol. The van der Waals surface area contributed by atoms with Crippen LogP contribution in [0.15, 0.2) is 0 Å². The summed E-state index contributed by atoms with van der Waals surface area (Å²) in [6, 6.07) is 0.735. The zero-order valence-electron chi connectivity index (χ0n) is 9.42. The van der Waals surface area contributed by atoms with Gasteiger partial charge in [-0.05, 0) is 19.8 Å². The highest BCUT2D eigenvalue weighted by atomic mass is 15.2. The molecule has 1 aliphatic rings. The van der Waals surface area contributed by atoms with E-state index in [0.29, 0.717) is 0 Å². The first kappa shape index (κ1) is 10.6. The fourth-order valence-corrected chi connectivity index (χ4v) is 2.20. The van der Waals surface area contributed by atoms with Crippen molar-refractivity contribution in [2.24, 2.45) is 0 Å². The quantitative estimate of drug-likeness (QED) is 0.790. The van der Waals surface area contributed by atoms with Crippen molar-refractivity contribution >= 4 is 0 Å². The largest absolute Gasteiger partial charge is 0.314 e. The van der Waals surface area contributed by atoms with Crippen LogP contribution in [-0.2, 0) is 6.42 Å². The zero-order valence-corrected chi connectivity index (χ0v) is 9.42. The van der Waals surface area contributed by atoms with Gasteiger partial charge in [-0.1, -0.05) is 19.3 Å². The minimum absolute atomic E-state index is 0.735. The van der Waals surface area contributed by atoms with E-state index in [9.17, 15) is 0 Å². The highest BCUT2D eigenvalue weighted by Crippen LogP contribution is 2.17. The van der Waals surface area contributed by atoms with Gasteiger partial charge in [0.1, 0.15) is 5.82 Å². The fraction of sp³-hybridized carbons (Fsp3) is 0.818. The Bertz CT molecular complexity index is 289. The SMILES string of the molecule is Cc1nc(CCNC2CCCCC2)n[nH]1. The summed E-state index contributed by atoms with van der Waals surface area (Å²) in [6.07, 6.45) is 7.80. The maximum absolute atomic E-state index is 4.29. The van der Waals surface area contributed by atoms with Crippen LogP contribution in [0.5, 0.6) is 0 Å². The number of hydrogen-bond donors (Lipinski definition) is 2. The molecule has 0 atom stereocenters. The Balaban J connectivity index is 1.65. The Morgan fingerprint density at radius 1 is 1.33 bits per heavy atom. The van der Waals surface area contributed by atoms with Gasteiger partial charge in [-0.2, -0.15) is 5.10 Å². The molecule has 0 spiro atoms. The van der Waals surface area contributed by atoms with Gasteiger partial charge in [-0.25, -0.2) is 4.98 Å². The minimum Gasteiger partial charge on any atom is -0.314 e. The lowest BCUT2D eigenvalue weighted by atomic mass is 9.95. The predicted molar refractivity (Wildman–Crippen MR) is 59.7 cm³/mol. The van der Waals surface area contributed by atoms with Crippen LogP contribution in [0.2, 0.25) is 0 Å². The maximum atomic E-state index is 4.29. The van der Waals surface area contributed by atoms with Crippen LogP contribution >= 0.6 is 0 Å². The van der Waals surface area contributed by atoms with Crippen molar-refractivity contribution in [2.45, 2.75) is 51.5 Å². The first-order chi connectivity index (χ1) is 7.34. The first-order valence-corrected chi connectivity index (χ1v) is 5.96. The molecule has 0 aromatic carbocycles. The summed E-state index contributed by atoms with van der Waals surface area (Å²) in [5.74, 6) is 1.83. The van der Waals surface area contributed by atoms with Gasteiger partial charge in [0.15, 0.2) is 5.82 Å². The summed E-state index contributed by atoms with van der Waals surface area (Å²) in [6.45, 7) is 2.94. The van der Waals surface area contributed by atoms with Crippen LogP contribution in [0.25, 0.3) is 0 Å². The zero-order chi connectivity index (χ0) is 10.5. The molecule has 1 aromatic heterocycles. The number of hydrogen-bond acceptors (Lipinski definition) is 3. The summed E-state index contributed by atoms with van der Waals surface area (Å²) < 4.78 is 0. The van der Waals surface area contributed by atoms with E-state index in [-0.39, 0.29) is 0 Å². The third kappa shape index (κ3) is 3.30. The first-order valence-electron chi connectivity index (χ1n) is 5.96. The fourth-order valence-electron chi connectivity index (χ4n) is 2.20. The van der Waals surface area contributed by atoms with E-state index >= 15 is 0 Å². The van der Waals surface area contributed by atoms with Crippen LogP contribution in [0.3, 0.4) is 0 Å². The van der Waals surface area contributed by atoms with E-state index in [4.69, 9.17) is 0 Å². The van der Waals surface area contributed by atoms with E-state index in [1.54, 1.807) is 0 Å². The molecule has 1 heterocycles. The molecule has 0 bridgehead atoms. The van der Waals surface area contributed by atoms with Crippen molar-refractivity contribution in [1.29, 1.82) is 0 Å². The van der Waals surface area contributed by atoms with Crippen LogP contribution in [0, 0.1) is 6.92 Å². The molecule has 2 rings (SSSR count). The van der Waals surface area contributed by atoms with Crippen molar-refractivity contribution in [3.63, 3.8) is 0 Å². The van der Waals surface area contributed by atoms with Gasteiger partial charge in [0.25, 0.3) is 0 Å². The number of nitrogens with zero attached hydrogens (tertiary/aromatic N) is 2. The molecular formula is C11H20N4. The van der Waals surface area contributed by atoms with Crippen LogP contribution < -0.4 is 5.32 Å². The van der Waals surface area contributed by atoms with Gasteiger partial charge < -0.3 is 5.32 Å². The normalized spacial score (nSPS) is 18.2. The summed E-state index contributed by atoms with van der Waals surface area (Å²) in [5.41, 5.74) is 0. The number of aromatic nitrogens is 3. The molecule has 15 heavy (non-hydrogen) atoms. The topological polar surface area (TPSA) is 53.6 Å². The average Bonchev–Trinajstić information content (AvgIpc) is 2.66. The Hall–Kier alpha value is -0.900. The van der Waals surface area contributed by atoms with E-state index in [2.05, 4.69) is 20.5 Å². The number of aryl methyl sites for hydroxylation is 1. The van der Waals surface area contributed by atoms with Gasteiger partial charge in [-0.15, -0.1) is 0 Å². The third-order valence-corrected chi connectivity index (χ3v) is 3.03. The summed E-state index contributed by atoms with van der Waals surface area (Å²) in [7, 11) is 0. The molecule has 0 unspecified atom stereocenters. The Kier molecular flexibility index (Phi) is 3.72. The number of H-pyrrole nitrogens is 1. The Morgan fingerprint density at radius 3 is 2.80 bits per heavy atom. The second-order valence-electron chi connectivity index (χ2n) is 4.38. The Morgan fingerprint density at radius 2 is 2.13 bits per heavy atom. The lowest BCUT2D eigenvalue weighted by Crippen LogP contribution is -2.32. The molecule has 1 aromatic rings. The van der Waals surface area contributed by atoms with Crippen molar-refractivity contribution in [1.82, 2.24) is 20.5 Å². The van der Waals surface area contributed by atoms with E-state index in [1.165, 1.54) is 32.1 Å². The van der Waals surface area contributed by atoms with Crippen LogP contribution in [0.4, 0.5) is 0 Å². The molecule has 0 radical (unpaired) electrons. The van der Waals surface area contributed by atoms with Gasteiger partial charge in [0.2, 0.25) is 0 Å². The Labute approximate surface area is 90.9 Å². The van der Waals surface area contributed by atoms with E-state index < -0.39 is 0 Å². The molecule has 1 saturated carbocycles. The van der Waals surface area contributed by atoms with Gasteiger partial charge in [-0.3, -0.25) is 5.10 Å². The summed E-state index contributed by atoms with van der Waals surface area (Å²) >= 11 is 0. The lowest BCUT2D eigenvalue weighted by molar-refractivity contribution is 0.375. The van der Waals surface area contributed by atoms with Crippen molar-refractivity contribution in [2.75, 3.05) is 6.54 Å². The van der Waals surface area contributed by atoms with Gasteiger partial charge in [0.05, 0.1) is 0 Å². The van der Waals surface area contributed by atoms with E-state index in [1.807, 2.05) is 6.92 Å². The average molecular weight is 208 g/mol. The molecule has 0 aliphatic heterocycles. The van der Waals surface area contributed by atoms with Crippen LogP contribution in [-0.4, -0.2) is 27.8 Å². The summed E-state index contributed by atoms with van der Waals surface area (Å²) in [5, 5.41) is 10.6. The van der Waals surface area contributed by atoms with Crippen molar-refractivity contribution in [3.05, 3.63) is 11.6 Å². The molecule has 84 valence electrons. The number of nitrogens with one attached hydrogen (secondary N) is 2. The second kappa shape index (κ2) is 5.26. The number of rotatable bonds is 4. The number of aromatic amines is 1.